The van der Waals surface area contributed by atoms with Crippen molar-refractivity contribution in [1.82, 2.24) is 0 Å². The van der Waals surface area contributed by atoms with E-state index in [0.29, 0.717) is 16.3 Å². The predicted octanol–water partition coefficient (Wildman–Crippen LogP) is 5.80. The van der Waals surface area contributed by atoms with E-state index in [4.69, 9.17) is 16.3 Å². The molecule has 1 aromatic heterocycles. The topological polar surface area (TPSA) is 12.5 Å². The third kappa shape index (κ3) is 2.20. The lowest BCUT2D eigenvalue weighted by molar-refractivity contribution is -0.137. The van der Waals surface area contributed by atoms with E-state index in [0.717, 1.165) is 27.1 Å². The highest BCUT2D eigenvalue weighted by atomic mass is 35.5. The first-order valence-electron chi connectivity index (χ1n) is 6.28. The second-order valence-corrected chi connectivity index (χ2v) is 6.70. The van der Waals surface area contributed by atoms with Crippen LogP contribution in [0.4, 0.5) is 13.2 Å². The largest absolute Gasteiger partial charge is 0.416 e. The number of benzene rings is 2. The van der Waals surface area contributed by atoms with Crippen molar-refractivity contribution >= 4 is 43.8 Å². The standard InChI is InChI=1S/C15H8ClF3OS/c16-13-5-10-9-4-8(15(17,18)19)2-1-7(9)3-11(12-6-20-12)14(10)21-13/h1-5,12H,6H2. The summed E-state index contributed by atoms with van der Waals surface area (Å²) in [5.41, 5.74) is 0.364. The SMILES string of the molecule is FC(F)(F)c1ccc2cc(C3CO3)c3sc(Cl)cc3c2c1. The molecule has 1 atom stereocenters. The summed E-state index contributed by atoms with van der Waals surface area (Å²) in [5.74, 6) is 0. The minimum absolute atomic E-state index is 0.0360. The van der Waals surface area contributed by atoms with Crippen molar-refractivity contribution in [3.63, 3.8) is 0 Å². The van der Waals surface area contributed by atoms with E-state index >= 15 is 0 Å². The van der Waals surface area contributed by atoms with Crippen molar-refractivity contribution in [3.8, 4) is 0 Å². The molecule has 0 bridgehead atoms. The molecule has 0 N–H and O–H groups in total. The third-order valence-electron chi connectivity index (χ3n) is 3.63. The molecule has 1 fully saturated rings. The average Bonchev–Trinajstić information content (AvgIpc) is 3.17. The van der Waals surface area contributed by atoms with Crippen molar-refractivity contribution in [2.45, 2.75) is 12.3 Å². The summed E-state index contributed by atoms with van der Waals surface area (Å²) in [5, 5.41) is 2.11. The van der Waals surface area contributed by atoms with E-state index in [1.165, 1.54) is 23.5 Å². The molecular formula is C15H8ClF3OS. The van der Waals surface area contributed by atoms with Gasteiger partial charge in [0.1, 0.15) is 6.10 Å². The van der Waals surface area contributed by atoms with Gasteiger partial charge in [-0.3, -0.25) is 0 Å². The third-order valence-corrected chi connectivity index (χ3v) is 4.94. The van der Waals surface area contributed by atoms with Gasteiger partial charge in [0.25, 0.3) is 0 Å². The lowest BCUT2D eigenvalue weighted by Gasteiger charge is -2.10. The average molecular weight is 329 g/mol. The summed E-state index contributed by atoms with van der Waals surface area (Å²) in [6, 6.07) is 7.45. The van der Waals surface area contributed by atoms with E-state index in [2.05, 4.69) is 0 Å². The van der Waals surface area contributed by atoms with Crippen LogP contribution in [-0.2, 0) is 10.9 Å². The quantitative estimate of drug-likeness (QED) is 0.514. The Hall–Kier alpha value is -1.30. The Labute approximate surface area is 126 Å². The predicted molar refractivity (Wildman–Crippen MR) is 78.0 cm³/mol. The monoisotopic (exact) mass is 328 g/mol. The Morgan fingerprint density at radius 3 is 2.57 bits per heavy atom. The normalized spacial score (nSPS) is 18.6. The lowest BCUT2D eigenvalue weighted by atomic mass is 9.99. The van der Waals surface area contributed by atoms with Gasteiger partial charge in [-0.15, -0.1) is 11.3 Å². The van der Waals surface area contributed by atoms with Crippen LogP contribution >= 0.6 is 22.9 Å². The molecule has 0 saturated carbocycles. The first kappa shape index (κ1) is 13.4. The Bertz CT molecular complexity index is 865. The van der Waals surface area contributed by atoms with Crippen LogP contribution in [0, 0.1) is 0 Å². The van der Waals surface area contributed by atoms with Gasteiger partial charge in [0.2, 0.25) is 0 Å². The Morgan fingerprint density at radius 1 is 1.14 bits per heavy atom. The first-order chi connectivity index (χ1) is 9.93. The molecule has 21 heavy (non-hydrogen) atoms. The van der Waals surface area contributed by atoms with Gasteiger partial charge in [0, 0.05) is 15.6 Å². The van der Waals surface area contributed by atoms with Gasteiger partial charge in [-0.05, 0) is 35.0 Å². The zero-order chi connectivity index (χ0) is 14.8. The first-order valence-corrected chi connectivity index (χ1v) is 7.47. The molecule has 3 aromatic rings. The highest BCUT2D eigenvalue weighted by Crippen LogP contribution is 2.44. The van der Waals surface area contributed by atoms with Gasteiger partial charge < -0.3 is 4.74 Å². The van der Waals surface area contributed by atoms with Crippen LogP contribution in [0.1, 0.15) is 17.2 Å². The zero-order valence-corrected chi connectivity index (χ0v) is 12.1. The zero-order valence-electron chi connectivity index (χ0n) is 10.5. The Balaban J connectivity index is 2.08. The number of thiophene rings is 1. The molecule has 4 rings (SSSR count). The molecule has 0 radical (unpaired) electrons. The van der Waals surface area contributed by atoms with Crippen LogP contribution in [0.3, 0.4) is 0 Å². The summed E-state index contributed by atoms with van der Waals surface area (Å²) in [6.07, 6.45) is -4.31. The number of fused-ring (bicyclic) bond motifs is 3. The fraction of sp³-hybridized carbons (Fsp3) is 0.200. The number of rotatable bonds is 1. The van der Waals surface area contributed by atoms with E-state index < -0.39 is 11.7 Å². The summed E-state index contributed by atoms with van der Waals surface area (Å²) < 4.78 is 45.5. The minimum atomic E-state index is -4.35. The maximum Gasteiger partial charge on any atom is 0.416 e. The maximum absolute atomic E-state index is 12.9. The van der Waals surface area contributed by atoms with Gasteiger partial charge in [-0.2, -0.15) is 13.2 Å². The summed E-state index contributed by atoms with van der Waals surface area (Å²) in [7, 11) is 0. The van der Waals surface area contributed by atoms with Crippen LogP contribution < -0.4 is 0 Å². The second kappa shape index (κ2) is 4.35. The highest BCUT2D eigenvalue weighted by molar-refractivity contribution is 7.23. The van der Waals surface area contributed by atoms with Crippen LogP contribution in [-0.4, -0.2) is 6.61 Å². The molecule has 0 spiro atoms. The number of alkyl halides is 3. The number of epoxide rings is 1. The Morgan fingerprint density at radius 2 is 1.90 bits per heavy atom. The molecule has 1 saturated heterocycles. The maximum atomic E-state index is 12.9. The van der Waals surface area contributed by atoms with Crippen LogP contribution in [0.2, 0.25) is 4.34 Å². The lowest BCUT2D eigenvalue weighted by Crippen LogP contribution is -2.04. The molecule has 0 aliphatic carbocycles. The highest BCUT2D eigenvalue weighted by Gasteiger charge is 2.32. The van der Waals surface area contributed by atoms with Crippen LogP contribution in [0.5, 0.6) is 0 Å². The number of halogens is 4. The summed E-state index contributed by atoms with van der Waals surface area (Å²) in [6.45, 7) is 0.650. The van der Waals surface area contributed by atoms with Crippen molar-refractivity contribution in [1.29, 1.82) is 0 Å². The minimum Gasteiger partial charge on any atom is -0.368 e. The smallest absolute Gasteiger partial charge is 0.368 e. The van der Waals surface area contributed by atoms with E-state index in [9.17, 15) is 13.2 Å². The Kier molecular flexibility index (Phi) is 2.77. The van der Waals surface area contributed by atoms with Gasteiger partial charge in [0.15, 0.2) is 0 Å². The van der Waals surface area contributed by atoms with Crippen LogP contribution in [0.25, 0.3) is 20.9 Å². The number of ether oxygens (including phenoxy) is 1. The van der Waals surface area contributed by atoms with Gasteiger partial charge in [-0.1, -0.05) is 17.7 Å². The van der Waals surface area contributed by atoms with E-state index in [1.807, 2.05) is 6.07 Å². The molecule has 1 aliphatic heterocycles. The molecule has 6 heteroatoms. The van der Waals surface area contributed by atoms with Crippen molar-refractivity contribution < 1.29 is 17.9 Å². The van der Waals surface area contributed by atoms with Gasteiger partial charge in [-0.25, -0.2) is 0 Å². The van der Waals surface area contributed by atoms with Crippen molar-refractivity contribution in [2.24, 2.45) is 0 Å². The fourth-order valence-electron chi connectivity index (χ4n) is 2.57. The molecule has 1 unspecified atom stereocenters. The molecular weight excluding hydrogens is 321 g/mol. The summed E-state index contributed by atoms with van der Waals surface area (Å²) >= 11 is 7.45. The molecule has 1 nitrogen and oxygen atoms in total. The number of hydrogen-bond acceptors (Lipinski definition) is 2. The fourth-order valence-corrected chi connectivity index (χ4v) is 3.87. The molecule has 1 aliphatic rings. The number of hydrogen-bond donors (Lipinski definition) is 0. The van der Waals surface area contributed by atoms with Gasteiger partial charge in [0.05, 0.1) is 16.5 Å². The van der Waals surface area contributed by atoms with Gasteiger partial charge >= 0.3 is 6.18 Å². The molecule has 2 heterocycles. The summed E-state index contributed by atoms with van der Waals surface area (Å²) in [4.78, 5) is 0. The molecule has 108 valence electrons. The van der Waals surface area contributed by atoms with Crippen LogP contribution in [0.15, 0.2) is 30.3 Å². The second-order valence-electron chi connectivity index (χ2n) is 5.01. The van der Waals surface area contributed by atoms with Crippen molar-refractivity contribution in [3.05, 3.63) is 45.8 Å². The molecule has 2 aromatic carbocycles. The van der Waals surface area contributed by atoms with E-state index in [1.54, 1.807) is 6.07 Å². The van der Waals surface area contributed by atoms with E-state index in [-0.39, 0.29) is 6.10 Å². The van der Waals surface area contributed by atoms with Crippen molar-refractivity contribution in [2.75, 3.05) is 6.61 Å². The molecule has 0 amide bonds.